The summed E-state index contributed by atoms with van der Waals surface area (Å²) in [7, 11) is 4.93. The van der Waals surface area contributed by atoms with Crippen LogP contribution in [-0.2, 0) is 11.2 Å². The zero-order valence-electron chi connectivity index (χ0n) is 19.3. The van der Waals surface area contributed by atoms with Gasteiger partial charge in [-0.05, 0) is 66.8 Å². The molecule has 2 aliphatic rings. The third kappa shape index (κ3) is 4.64. The highest BCUT2D eigenvalue weighted by Gasteiger charge is 2.36. The maximum atomic E-state index is 13.5. The standard InChI is InChI=1S/C26H33NO5/c1-29-20-9-11-21(12-10-20)32-17-23-22-16-25(31-3)24(30-2)15-19(22)13-14-27(23)26(28)18-7-5-4-6-8-18/h9-12,15-16,18,23H,4-8,13-14,17H2,1-3H3. The molecule has 1 aliphatic heterocycles. The first kappa shape index (κ1) is 22.3. The number of nitrogens with zero attached hydrogens (tertiary/aromatic N) is 1. The maximum Gasteiger partial charge on any atom is 0.226 e. The highest BCUT2D eigenvalue weighted by atomic mass is 16.5. The third-order valence-electron chi connectivity index (χ3n) is 6.71. The summed E-state index contributed by atoms with van der Waals surface area (Å²) in [6.07, 6.45) is 6.28. The van der Waals surface area contributed by atoms with Gasteiger partial charge in [-0.25, -0.2) is 0 Å². The Bertz CT molecular complexity index is 921. The lowest BCUT2D eigenvalue weighted by atomic mass is 9.86. The molecule has 32 heavy (non-hydrogen) atoms. The average Bonchev–Trinajstić information content (AvgIpc) is 2.86. The van der Waals surface area contributed by atoms with E-state index in [1.54, 1.807) is 21.3 Å². The van der Waals surface area contributed by atoms with Crippen LogP contribution >= 0.6 is 0 Å². The number of amides is 1. The molecule has 1 saturated carbocycles. The van der Waals surface area contributed by atoms with E-state index in [4.69, 9.17) is 18.9 Å². The Morgan fingerprint density at radius 2 is 1.56 bits per heavy atom. The molecule has 6 nitrogen and oxygen atoms in total. The van der Waals surface area contributed by atoms with Crippen molar-refractivity contribution >= 4 is 5.91 Å². The van der Waals surface area contributed by atoms with Crippen LogP contribution in [0.1, 0.15) is 49.3 Å². The number of carbonyl (C=O) groups is 1. The van der Waals surface area contributed by atoms with Crippen molar-refractivity contribution in [2.24, 2.45) is 5.92 Å². The first-order valence-corrected chi connectivity index (χ1v) is 11.5. The summed E-state index contributed by atoms with van der Waals surface area (Å²) in [5, 5.41) is 0. The maximum absolute atomic E-state index is 13.5. The van der Waals surface area contributed by atoms with Crippen LogP contribution in [0.3, 0.4) is 0 Å². The normalized spacial score (nSPS) is 18.6. The van der Waals surface area contributed by atoms with E-state index < -0.39 is 0 Å². The van der Waals surface area contributed by atoms with Crippen molar-refractivity contribution in [1.82, 2.24) is 4.90 Å². The van der Waals surface area contributed by atoms with Crippen molar-refractivity contribution in [2.45, 2.75) is 44.6 Å². The monoisotopic (exact) mass is 439 g/mol. The SMILES string of the molecule is COc1ccc(OCC2c3cc(OC)c(OC)cc3CCN2C(=O)C2CCCCC2)cc1. The van der Waals surface area contributed by atoms with Crippen LogP contribution in [0, 0.1) is 5.92 Å². The van der Waals surface area contributed by atoms with E-state index in [9.17, 15) is 4.79 Å². The summed E-state index contributed by atoms with van der Waals surface area (Å²) in [5.41, 5.74) is 2.25. The van der Waals surface area contributed by atoms with E-state index >= 15 is 0 Å². The number of benzene rings is 2. The molecule has 1 heterocycles. The van der Waals surface area contributed by atoms with Gasteiger partial charge in [0.05, 0.1) is 27.4 Å². The molecule has 0 bridgehead atoms. The average molecular weight is 440 g/mol. The van der Waals surface area contributed by atoms with Crippen molar-refractivity contribution in [3.63, 3.8) is 0 Å². The van der Waals surface area contributed by atoms with Crippen LogP contribution in [-0.4, -0.2) is 45.3 Å². The fourth-order valence-corrected chi connectivity index (χ4v) is 4.90. The second-order valence-electron chi connectivity index (χ2n) is 8.52. The van der Waals surface area contributed by atoms with Gasteiger partial charge in [0.15, 0.2) is 11.5 Å². The summed E-state index contributed by atoms with van der Waals surface area (Å²) in [4.78, 5) is 15.6. The largest absolute Gasteiger partial charge is 0.497 e. The molecule has 0 radical (unpaired) electrons. The predicted octanol–water partition coefficient (Wildman–Crippen LogP) is 4.80. The Hall–Kier alpha value is -2.89. The Kier molecular flexibility index (Phi) is 7.08. The quantitative estimate of drug-likeness (QED) is 0.620. The molecule has 4 rings (SSSR count). The minimum Gasteiger partial charge on any atom is -0.497 e. The molecular formula is C26H33NO5. The van der Waals surface area contributed by atoms with Crippen molar-refractivity contribution < 1.29 is 23.7 Å². The highest BCUT2D eigenvalue weighted by molar-refractivity contribution is 5.80. The fraction of sp³-hybridized carbons (Fsp3) is 0.500. The van der Waals surface area contributed by atoms with E-state index in [0.29, 0.717) is 24.7 Å². The van der Waals surface area contributed by atoms with E-state index in [0.717, 1.165) is 49.2 Å². The molecule has 1 fully saturated rings. The smallest absolute Gasteiger partial charge is 0.226 e. The van der Waals surface area contributed by atoms with Gasteiger partial charge < -0.3 is 23.8 Å². The molecule has 0 aromatic heterocycles. The van der Waals surface area contributed by atoms with Gasteiger partial charge in [0, 0.05) is 12.5 Å². The number of ether oxygens (including phenoxy) is 4. The molecule has 172 valence electrons. The fourth-order valence-electron chi connectivity index (χ4n) is 4.90. The van der Waals surface area contributed by atoms with Crippen LogP contribution in [0.2, 0.25) is 0 Å². The summed E-state index contributed by atoms with van der Waals surface area (Å²) in [5.74, 6) is 3.30. The van der Waals surface area contributed by atoms with E-state index in [1.165, 1.54) is 12.0 Å². The Morgan fingerprint density at radius 1 is 0.906 bits per heavy atom. The second-order valence-corrected chi connectivity index (χ2v) is 8.52. The van der Waals surface area contributed by atoms with Crippen molar-refractivity contribution in [3.8, 4) is 23.0 Å². The molecule has 2 aromatic rings. The number of fused-ring (bicyclic) bond motifs is 1. The lowest BCUT2D eigenvalue weighted by Crippen LogP contribution is -2.45. The molecule has 1 atom stereocenters. The zero-order chi connectivity index (χ0) is 22.5. The topological polar surface area (TPSA) is 57.2 Å². The van der Waals surface area contributed by atoms with Gasteiger partial charge in [0.1, 0.15) is 18.1 Å². The van der Waals surface area contributed by atoms with Crippen LogP contribution in [0.5, 0.6) is 23.0 Å². The van der Waals surface area contributed by atoms with Gasteiger partial charge in [0.25, 0.3) is 0 Å². The van der Waals surface area contributed by atoms with Crippen molar-refractivity contribution in [1.29, 1.82) is 0 Å². The van der Waals surface area contributed by atoms with Crippen LogP contribution in [0.4, 0.5) is 0 Å². The van der Waals surface area contributed by atoms with E-state index in [2.05, 4.69) is 0 Å². The number of hydrogen-bond acceptors (Lipinski definition) is 5. The van der Waals surface area contributed by atoms with Gasteiger partial charge in [-0.3, -0.25) is 4.79 Å². The molecule has 1 unspecified atom stereocenters. The first-order valence-electron chi connectivity index (χ1n) is 11.5. The Labute approximate surface area is 190 Å². The van der Waals surface area contributed by atoms with E-state index in [1.807, 2.05) is 41.3 Å². The van der Waals surface area contributed by atoms with Gasteiger partial charge in [-0.1, -0.05) is 19.3 Å². The molecule has 0 N–H and O–H groups in total. The van der Waals surface area contributed by atoms with Crippen LogP contribution < -0.4 is 18.9 Å². The zero-order valence-corrected chi connectivity index (χ0v) is 19.3. The molecule has 0 spiro atoms. The summed E-state index contributed by atoms with van der Waals surface area (Å²) in [6, 6.07) is 11.4. The van der Waals surface area contributed by atoms with Crippen LogP contribution in [0.25, 0.3) is 0 Å². The lowest BCUT2D eigenvalue weighted by molar-refractivity contribution is -0.140. The van der Waals surface area contributed by atoms with Gasteiger partial charge in [0.2, 0.25) is 5.91 Å². The molecule has 6 heteroatoms. The van der Waals surface area contributed by atoms with Crippen LogP contribution in [0.15, 0.2) is 36.4 Å². The van der Waals surface area contributed by atoms with Crippen molar-refractivity contribution in [3.05, 3.63) is 47.5 Å². The van der Waals surface area contributed by atoms with Gasteiger partial charge in [-0.2, -0.15) is 0 Å². The lowest BCUT2D eigenvalue weighted by Gasteiger charge is -2.40. The number of rotatable bonds is 7. The third-order valence-corrected chi connectivity index (χ3v) is 6.71. The molecular weight excluding hydrogens is 406 g/mol. The molecule has 1 amide bonds. The summed E-state index contributed by atoms with van der Waals surface area (Å²) in [6.45, 7) is 1.07. The Morgan fingerprint density at radius 3 is 2.22 bits per heavy atom. The highest BCUT2D eigenvalue weighted by Crippen LogP contribution is 2.40. The number of methoxy groups -OCH3 is 3. The molecule has 0 saturated heterocycles. The molecule has 2 aromatic carbocycles. The first-order chi connectivity index (χ1) is 15.6. The predicted molar refractivity (Wildman–Crippen MR) is 123 cm³/mol. The minimum atomic E-state index is -0.171. The molecule has 1 aliphatic carbocycles. The van der Waals surface area contributed by atoms with Gasteiger partial charge in [-0.15, -0.1) is 0 Å². The summed E-state index contributed by atoms with van der Waals surface area (Å²) < 4.78 is 22.5. The number of carbonyl (C=O) groups excluding carboxylic acids is 1. The summed E-state index contributed by atoms with van der Waals surface area (Å²) >= 11 is 0. The minimum absolute atomic E-state index is 0.119. The van der Waals surface area contributed by atoms with E-state index in [-0.39, 0.29) is 17.9 Å². The van der Waals surface area contributed by atoms with Gasteiger partial charge >= 0.3 is 0 Å². The second kappa shape index (κ2) is 10.2. The number of hydrogen-bond donors (Lipinski definition) is 0. The van der Waals surface area contributed by atoms with Crippen molar-refractivity contribution in [2.75, 3.05) is 34.5 Å². The Balaban J connectivity index is 1.63.